The lowest BCUT2D eigenvalue weighted by Gasteiger charge is -2.22. The van der Waals surface area contributed by atoms with Gasteiger partial charge in [-0.25, -0.2) is 9.78 Å². The molecule has 0 radical (unpaired) electrons. The van der Waals surface area contributed by atoms with Crippen LogP contribution in [0.5, 0.6) is 0 Å². The Hall–Kier alpha value is -2.67. The number of primary amides is 1. The second kappa shape index (κ2) is 12.8. The molecule has 4 N–H and O–H groups in total. The molecular weight excluding hydrogens is 384 g/mol. The quantitative estimate of drug-likeness (QED) is 0.560. The highest BCUT2D eigenvalue weighted by Crippen LogP contribution is 2.31. The fourth-order valence-corrected chi connectivity index (χ4v) is 3.84. The maximum absolute atomic E-state index is 11.2. The predicted molar refractivity (Wildman–Crippen MR) is 113 cm³/mol. The number of rotatable bonds is 9. The van der Waals surface area contributed by atoms with E-state index in [0.29, 0.717) is 5.89 Å². The van der Waals surface area contributed by atoms with E-state index < -0.39 is 11.9 Å². The first-order valence-electron chi connectivity index (χ1n) is 10.6. The standard InChI is InChI=1S/C16H24N2O4.C7H8O/c17-14(19)9-12(15-18-13(10-22-15)16(20)21)8-4-7-11-5-2-1-3-6-11;8-6-7-4-2-1-3-5-7/h10-12H,1-9H2,(H2,17,19)(H,20,21);1-5,8H,6H2. The molecule has 1 fully saturated rings. The number of amides is 1. The van der Waals surface area contributed by atoms with Gasteiger partial charge in [-0.1, -0.05) is 75.3 Å². The summed E-state index contributed by atoms with van der Waals surface area (Å²) in [6.45, 7) is 0.140. The van der Waals surface area contributed by atoms with Gasteiger partial charge < -0.3 is 20.4 Å². The van der Waals surface area contributed by atoms with Crippen LogP contribution in [-0.4, -0.2) is 27.1 Å². The molecule has 1 aromatic heterocycles. The maximum atomic E-state index is 11.2. The molecule has 0 aliphatic heterocycles. The Bertz CT molecular complexity index is 769. The minimum absolute atomic E-state index is 0.128. The van der Waals surface area contributed by atoms with Crippen molar-refractivity contribution in [2.45, 2.75) is 70.3 Å². The molecule has 0 bridgehead atoms. The van der Waals surface area contributed by atoms with Crippen LogP contribution in [0.2, 0.25) is 0 Å². The zero-order chi connectivity index (χ0) is 21.8. The minimum Gasteiger partial charge on any atom is -0.476 e. The number of nitrogens with zero attached hydrogens (tertiary/aromatic N) is 1. The molecule has 1 aliphatic carbocycles. The molecule has 1 atom stereocenters. The minimum atomic E-state index is -1.13. The highest BCUT2D eigenvalue weighted by atomic mass is 16.4. The Labute approximate surface area is 177 Å². The van der Waals surface area contributed by atoms with Crippen LogP contribution in [0.15, 0.2) is 41.0 Å². The van der Waals surface area contributed by atoms with Crippen molar-refractivity contribution in [3.63, 3.8) is 0 Å². The lowest BCUT2D eigenvalue weighted by atomic mass is 9.84. The van der Waals surface area contributed by atoms with Crippen molar-refractivity contribution >= 4 is 11.9 Å². The van der Waals surface area contributed by atoms with Crippen LogP contribution in [0.4, 0.5) is 0 Å². The number of carboxylic acid groups (broad SMARTS) is 1. The molecule has 1 amide bonds. The summed E-state index contributed by atoms with van der Waals surface area (Å²) >= 11 is 0. The molecule has 164 valence electrons. The molecule has 2 aromatic rings. The Morgan fingerprint density at radius 2 is 1.87 bits per heavy atom. The summed E-state index contributed by atoms with van der Waals surface area (Å²) in [6, 6.07) is 9.52. The van der Waals surface area contributed by atoms with Crippen molar-refractivity contribution in [1.29, 1.82) is 0 Å². The molecule has 1 aliphatic rings. The topological polar surface area (TPSA) is 127 Å². The average molecular weight is 417 g/mol. The number of aromatic carboxylic acids is 1. The van der Waals surface area contributed by atoms with Crippen molar-refractivity contribution in [2.75, 3.05) is 0 Å². The normalized spacial score (nSPS) is 15.1. The molecule has 0 spiro atoms. The Morgan fingerprint density at radius 3 is 2.40 bits per heavy atom. The van der Waals surface area contributed by atoms with Crippen molar-refractivity contribution in [3.8, 4) is 0 Å². The summed E-state index contributed by atoms with van der Waals surface area (Å²) in [7, 11) is 0. The number of aromatic nitrogens is 1. The summed E-state index contributed by atoms with van der Waals surface area (Å²) in [5.41, 5.74) is 6.12. The van der Waals surface area contributed by atoms with Gasteiger partial charge in [0.1, 0.15) is 6.26 Å². The van der Waals surface area contributed by atoms with E-state index in [1.807, 2.05) is 30.3 Å². The van der Waals surface area contributed by atoms with Crippen LogP contribution in [0.25, 0.3) is 0 Å². The number of carbonyl (C=O) groups is 2. The van der Waals surface area contributed by atoms with Gasteiger partial charge in [0, 0.05) is 12.3 Å². The lowest BCUT2D eigenvalue weighted by Crippen LogP contribution is -2.16. The third-order valence-electron chi connectivity index (χ3n) is 5.45. The highest BCUT2D eigenvalue weighted by molar-refractivity contribution is 5.84. The fourth-order valence-electron chi connectivity index (χ4n) is 3.84. The first kappa shape index (κ1) is 23.6. The molecule has 30 heavy (non-hydrogen) atoms. The molecule has 7 nitrogen and oxygen atoms in total. The van der Waals surface area contributed by atoms with Crippen molar-refractivity contribution in [2.24, 2.45) is 11.7 Å². The second-order valence-electron chi connectivity index (χ2n) is 7.82. The number of carbonyl (C=O) groups excluding carboxylic acids is 1. The average Bonchev–Trinajstić information content (AvgIpc) is 3.25. The van der Waals surface area contributed by atoms with E-state index in [2.05, 4.69) is 4.98 Å². The van der Waals surface area contributed by atoms with E-state index in [4.69, 9.17) is 20.4 Å². The van der Waals surface area contributed by atoms with Gasteiger partial charge in [0.25, 0.3) is 0 Å². The summed E-state index contributed by atoms with van der Waals surface area (Å²) in [4.78, 5) is 26.0. The van der Waals surface area contributed by atoms with E-state index in [1.165, 1.54) is 32.1 Å². The fraction of sp³-hybridized carbons (Fsp3) is 0.522. The monoisotopic (exact) mass is 416 g/mol. The molecule has 7 heteroatoms. The zero-order valence-corrected chi connectivity index (χ0v) is 17.3. The van der Waals surface area contributed by atoms with E-state index >= 15 is 0 Å². The summed E-state index contributed by atoms with van der Waals surface area (Å²) < 4.78 is 5.23. The Balaban J connectivity index is 0.000000335. The summed E-state index contributed by atoms with van der Waals surface area (Å²) in [5, 5.41) is 17.4. The molecule has 1 unspecified atom stereocenters. The Kier molecular flexibility index (Phi) is 10.1. The number of aliphatic hydroxyl groups is 1. The second-order valence-corrected chi connectivity index (χ2v) is 7.82. The number of carboxylic acids is 1. The van der Waals surface area contributed by atoms with Gasteiger partial charge in [0.15, 0.2) is 11.6 Å². The third kappa shape index (κ3) is 8.37. The van der Waals surface area contributed by atoms with Crippen LogP contribution in [0, 0.1) is 5.92 Å². The predicted octanol–water partition coefficient (Wildman–Crippen LogP) is 4.26. The van der Waals surface area contributed by atoms with Crippen LogP contribution >= 0.6 is 0 Å². The molecule has 3 rings (SSSR count). The first-order valence-corrected chi connectivity index (χ1v) is 10.6. The van der Waals surface area contributed by atoms with E-state index in [0.717, 1.165) is 37.0 Å². The first-order chi connectivity index (χ1) is 14.5. The third-order valence-corrected chi connectivity index (χ3v) is 5.45. The van der Waals surface area contributed by atoms with Crippen LogP contribution in [-0.2, 0) is 11.4 Å². The SMILES string of the molecule is NC(=O)CC(CCCC1CCCCC1)c1nc(C(=O)O)co1.OCc1ccccc1. The number of hydrogen-bond donors (Lipinski definition) is 3. The number of hydrogen-bond acceptors (Lipinski definition) is 5. The van der Waals surface area contributed by atoms with Gasteiger partial charge >= 0.3 is 5.97 Å². The molecule has 1 saturated carbocycles. The number of aliphatic hydroxyl groups excluding tert-OH is 1. The molecule has 1 aromatic carbocycles. The Morgan fingerprint density at radius 1 is 1.17 bits per heavy atom. The van der Waals surface area contributed by atoms with E-state index in [9.17, 15) is 9.59 Å². The number of oxazole rings is 1. The van der Waals surface area contributed by atoms with Gasteiger partial charge in [0.2, 0.25) is 5.91 Å². The van der Waals surface area contributed by atoms with E-state index in [-0.39, 0.29) is 24.6 Å². The summed E-state index contributed by atoms with van der Waals surface area (Å²) in [6.07, 6.45) is 10.7. The van der Waals surface area contributed by atoms with Gasteiger partial charge in [-0.15, -0.1) is 0 Å². The maximum Gasteiger partial charge on any atom is 0.357 e. The van der Waals surface area contributed by atoms with Crippen LogP contribution < -0.4 is 5.73 Å². The molecule has 0 saturated heterocycles. The number of nitrogens with two attached hydrogens (primary N) is 1. The summed E-state index contributed by atoms with van der Waals surface area (Å²) in [5.74, 6) is -0.691. The lowest BCUT2D eigenvalue weighted by molar-refractivity contribution is -0.118. The highest BCUT2D eigenvalue weighted by Gasteiger charge is 2.22. The largest absolute Gasteiger partial charge is 0.476 e. The van der Waals surface area contributed by atoms with Gasteiger partial charge in [-0.2, -0.15) is 0 Å². The zero-order valence-electron chi connectivity index (χ0n) is 17.3. The van der Waals surface area contributed by atoms with Crippen molar-refractivity contribution in [3.05, 3.63) is 53.7 Å². The smallest absolute Gasteiger partial charge is 0.357 e. The van der Waals surface area contributed by atoms with Gasteiger partial charge in [-0.3, -0.25) is 4.79 Å². The number of benzene rings is 1. The van der Waals surface area contributed by atoms with Crippen molar-refractivity contribution < 1.29 is 24.2 Å². The van der Waals surface area contributed by atoms with Crippen LogP contribution in [0.1, 0.15) is 85.6 Å². The molecule has 1 heterocycles. The van der Waals surface area contributed by atoms with E-state index in [1.54, 1.807) is 0 Å². The molecular formula is C23H32N2O5. The van der Waals surface area contributed by atoms with Crippen molar-refractivity contribution in [1.82, 2.24) is 4.98 Å². The van der Waals surface area contributed by atoms with Crippen LogP contribution in [0.3, 0.4) is 0 Å². The van der Waals surface area contributed by atoms with Gasteiger partial charge in [0.05, 0.1) is 6.61 Å². The van der Waals surface area contributed by atoms with Gasteiger partial charge in [-0.05, 0) is 17.9 Å².